The van der Waals surface area contributed by atoms with E-state index in [9.17, 15) is 4.79 Å². The highest BCUT2D eigenvalue weighted by Crippen LogP contribution is 2.26. The van der Waals surface area contributed by atoms with Crippen LogP contribution in [0.3, 0.4) is 0 Å². The molecule has 0 saturated carbocycles. The Kier molecular flexibility index (Phi) is 5.95. The number of benzene rings is 1. The summed E-state index contributed by atoms with van der Waals surface area (Å²) in [4.78, 5) is 23.0. The highest BCUT2D eigenvalue weighted by atomic mass is 16.5. The normalized spacial score (nSPS) is 19.3. The lowest BCUT2D eigenvalue weighted by molar-refractivity contribution is -0.0374. The lowest BCUT2D eigenvalue weighted by Crippen LogP contribution is -2.47. The minimum atomic E-state index is -0.116. The van der Waals surface area contributed by atoms with Crippen LogP contribution in [0.25, 0.3) is 0 Å². The van der Waals surface area contributed by atoms with Crippen molar-refractivity contribution in [2.75, 3.05) is 13.1 Å². The fraction of sp³-hybridized carbons (Fsp3) is 0.364. The first kappa shape index (κ1) is 19.3. The summed E-state index contributed by atoms with van der Waals surface area (Å²) in [6.07, 6.45) is 6.87. The Morgan fingerprint density at radius 1 is 1.17 bits per heavy atom. The second-order valence-electron chi connectivity index (χ2n) is 7.44. The number of aromatic nitrogens is 4. The van der Waals surface area contributed by atoms with Crippen molar-refractivity contribution in [1.82, 2.24) is 24.6 Å². The fourth-order valence-corrected chi connectivity index (χ4v) is 3.79. The smallest absolute Gasteiger partial charge is 0.293 e. The van der Waals surface area contributed by atoms with Gasteiger partial charge < -0.3 is 9.64 Å². The van der Waals surface area contributed by atoms with Gasteiger partial charge in [-0.25, -0.2) is 4.98 Å². The van der Waals surface area contributed by atoms with Gasteiger partial charge in [0.05, 0.1) is 12.7 Å². The van der Waals surface area contributed by atoms with Gasteiger partial charge in [0, 0.05) is 38.4 Å². The molecule has 1 aliphatic rings. The molecule has 1 saturated heterocycles. The molecule has 2 aromatic heterocycles. The molecule has 1 fully saturated rings. The van der Waals surface area contributed by atoms with Gasteiger partial charge in [-0.3, -0.25) is 14.5 Å². The van der Waals surface area contributed by atoms with Crippen LogP contribution in [0.1, 0.15) is 28.2 Å². The molecule has 0 N–H and O–H groups in total. The lowest BCUT2D eigenvalue weighted by atomic mass is 9.88. The van der Waals surface area contributed by atoms with E-state index in [0.717, 1.165) is 18.4 Å². The number of hydrogen-bond donors (Lipinski definition) is 0. The van der Waals surface area contributed by atoms with Crippen LogP contribution in [-0.2, 0) is 24.8 Å². The standard InChI is InChI=1S/C22H25N5O2/c1-26-16-24-21(25-26)22(28)27-11-9-20(29-15-18-8-5-10-23-13-18)19(14-27)12-17-6-3-2-4-7-17/h2-8,10,13,16,19-20H,9,11-12,14-15H2,1H3/t19-,20-/m1/s1. The van der Waals surface area contributed by atoms with Crippen LogP contribution < -0.4 is 0 Å². The van der Waals surface area contributed by atoms with E-state index >= 15 is 0 Å². The van der Waals surface area contributed by atoms with Crippen LogP contribution in [0.15, 0.2) is 61.2 Å². The second-order valence-corrected chi connectivity index (χ2v) is 7.44. The number of pyridine rings is 1. The van der Waals surface area contributed by atoms with Gasteiger partial charge in [-0.2, -0.15) is 0 Å². The van der Waals surface area contributed by atoms with Gasteiger partial charge in [0.2, 0.25) is 5.82 Å². The van der Waals surface area contributed by atoms with Crippen molar-refractivity contribution < 1.29 is 9.53 Å². The van der Waals surface area contributed by atoms with Crippen LogP contribution >= 0.6 is 0 Å². The molecule has 1 aromatic carbocycles. The zero-order valence-electron chi connectivity index (χ0n) is 16.5. The number of likely N-dealkylation sites (tertiary alicyclic amines) is 1. The van der Waals surface area contributed by atoms with Gasteiger partial charge in [0.15, 0.2) is 0 Å². The van der Waals surface area contributed by atoms with E-state index in [-0.39, 0.29) is 23.8 Å². The van der Waals surface area contributed by atoms with Gasteiger partial charge in [-0.1, -0.05) is 36.4 Å². The predicted octanol–water partition coefficient (Wildman–Crippen LogP) is 2.50. The van der Waals surface area contributed by atoms with Gasteiger partial charge in [-0.15, -0.1) is 5.10 Å². The summed E-state index contributed by atoms with van der Waals surface area (Å²) in [7, 11) is 1.76. The first-order valence-corrected chi connectivity index (χ1v) is 9.88. The van der Waals surface area contributed by atoms with Crippen LogP contribution in [0.2, 0.25) is 0 Å². The summed E-state index contributed by atoms with van der Waals surface area (Å²) in [5, 5.41) is 4.17. The number of amides is 1. The van der Waals surface area contributed by atoms with Crippen molar-refractivity contribution in [3.63, 3.8) is 0 Å². The minimum absolute atomic E-state index is 0.0798. The molecule has 150 valence electrons. The van der Waals surface area contributed by atoms with E-state index in [2.05, 4.69) is 27.2 Å². The maximum atomic E-state index is 12.8. The number of ether oxygens (including phenoxy) is 1. The van der Waals surface area contributed by atoms with Gasteiger partial charge in [-0.05, 0) is 30.0 Å². The third kappa shape index (κ3) is 4.86. The molecule has 0 spiro atoms. The molecule has 0 unspecified atom stereocenters. The van der Waals surface area contributed by atoms with E-state index < -0.39 is 0 Å². The molecule has 4 rings (SSSR count). The van der Waals surface area contributed by atoms with Crippen LogP contribution in [0, 0.1) is 5.92 Å². The summed E-state index contributed by atoms with van der Waals surface area (Å²) in [5.74, 6) is 0.338. The molecule has 7 heteroatoms. The van der Waals surface area contributed by atoms with Crippen molar-refractivity contribution in [3.05, 3.63) is 78.1 Å². The molecular formula is C22H25N5O2. The third-order valence-electron chi connectivity index (χ3n) is 5.27. The molecule has 0 radical (unpaired) electrons. The largest absolute Gasteiger partial charge is 0.373 e. The Hall–Kier alpha value is -3.06. The maximum Gasteiger partial charge on any atom is 0.293 e. The van der Waals surface area contributed by atoms with Crippen LogP contribution in [0.5, 0.6) is 0 Å². The van der Waals surface area contributed by atoms with Crippen molar-refractivity contribution in [2.45, 2.75) is 25.6 Å². The average molecular weight is 391 g/mol. The molecule has 29 heavy (non-hydrogen) atoms. The quantitative estimate of drug-likeness (QED) is 0.646. The Bertz CT molecular complexity index is 929. The van der Waals surface area contributed by atoms with Gasteiger partial charge in [0.1, 0.15) is 6.33 Å². The zero-order chi connectivity index (χ0) is 20.1. The first-order valence-electron chi connectivity index (χ1n) is 9.88. The molecule has 2 atom stereocenters. The molecule has 1 amide bonds. The Labute approximate surface area is 170 Å². The highest BCUT2D eigenvalue weighted by Gasteiger charge is 2.33. The van der Waals surface area contributed by atoms with E-state index in [1.54, 1.807) is 24.3 Å². The van der Waals surface area contributed by atoms with Gasteiger partial charge >= 0.3 is 0 Å². The zero-order valence-corrected chi connectivity index (χ0v) is 16.5. The minimum Gasteiger partial charge on any atom is -0.373 e. The summed E-state index contributed by atoms with van der Waals surface area (Å²) in [6, 6.07) is 14.3. The van der Waals surface area contributed by atoms with Crippen molar-refractivity contribution in [2.24, 2.45) is 13.0 Å². The number of carbonyl (C=O) groups excluding carboxylic acids is 1. The topological polar surface area (TPSA) is 73.1 Å². The van der Waals surface area contributed by atoms with E-state index in [0.29, 0.717) is 19.7 Å². The number of nitrogens with zero attached hydrogens (tertiary/aromatic N) is 5. The first-order chi connectivity index (χ1) is 14.2. The van der Waals surface area contributed by atoms with Crippen molar-refractivity contribution in [3.8, 4) is 0 Å². The monoisotopic (exact) mass is 391 g/mol. The Balaban J connectivity index is 1.47. The summed E-state index contributed by atoms with van der Waals surface area (Å²) >= 11 is 0. The maximum absolute atomic E-state index is 12.8. The molecule has 0 bridgehead atoms. The average Bonchev–Trinajstić information content (AvgIpc) is 3.20. The summed E-state index contributed by atoms with van der Waals surface area (Å²) in [6.45, 7) is 1.79. The number of rotatable bonds is 6. The molecular weight excluding hydrogens is 366 g/mol. The number of hydrogen-bond acceptors (Lipinski definition) is 5. The summed E-state index contributed by atoms with van der Waals surface area (Å²) < 4.78 is 7.83. The van der Waals surface area contributed by atoms with Crippen molar-refractivity contribution >= 4 is 5.91 Å². The third-order valence-corrected chi connectivity index (χ3v) is 5.27. The molecule has 7 nitrogen and oxygen atoms in total. The van der Waals surface area contributed by atoms with Gasteiger partial charge in [0.25, 0.3) is 5.91 Å². The van der Waals surface area contributed by atoms with Crippen LogP contribution in [0.4, 0.5) is 0 Å². The van der Waals surface area contributed by atoms with E-state index in [1.807, 2.05) is 41.4 Å². The van der Waals surface area contributed by atoms with Crippen molar-refractivity contribution in [1.29, 1.82) is 0 Å². The molecule has 3 aromatic rings. The Morgan fingerprint density at radius 3 is 2.72 bits per heavy atom. The van der Waals surface area contributed by atoms with E-state index in [4.69, 9.17) is 4.74 Å². The number of aryl methyl sites for hydroxylation is 1. The highest BCUT2D eigenvalue weighted by molar-refractivity contribution is 5.90. The predicted molar refractivity (Wildman–Crippen MR) is 108 cm³/mol. The second kappa shape index (κ2) is 8.96. The fourth-order valence-electron chi connectivity index (χ4n) is 3.79. The molecule has 0 aliphatic carbocycles. The summed E-state index contributed by atoms with van der Waals surface area (Å²) in [5.41, 5.74) is 2.31. The molecule has 3 heterocycles. The number of carbonyl (C=O) groups is 1. The van der Waals surface area contributed by atoms with Crippen LogP contribution in [-0.4, -0.2) is 49.7 Å². The SMILES string of the molecule is Cn1cnc(C(=O)N2CC[C@@H](OCc3cccnc3)[C@H](Cc3ccccc3)C2)n1. The van der Waals surface area contributed by atoms with E-state index in [1.165, 1.54) is 5.56 Å². The Morgan fingerprint density at radius 2 is 2.00 bits per heavy atom. The molecule has 1 aliphatic heterocycles. The number of piperidine rings is 1. The lowest BCUT2D eigenvalue weighted by Gasteiger charge is -2.38.